The molecule has 3 aromatic carbocycles. The Morgan fingerprint density at radius 1 is 1.03 bits per heavy atom. The second-order valence-electron chi connectivity index (χ2n) is 6.87. The molecule has 0 aromatic heterocycles. The number of halogens is 3. The second-order valence-corrected chi connectivity index (χ2v) is 8.63. The Hall–Kier alpha value is -3.07. The molecule has 1 amide bonds. The van der Waals surface area contributed by atoms with Gasteiger partial charge in [0.15, 0.2) is 6.10 Å². The summed E-state index contributed by atoms with van der Waals surface area (Å²) in [7, 11) is 1.54. The molecule has 1 N–H and O–H groups in total. The summed E-state index contributed by atoms with van der Waals surface area (Å²) in [4.78, 5) is 24.9. The van der Waals surface area contributed by atoms with Gasteiger partial charge in [0.25, 0.3) is 5.91 Å². The Morgan fingerprint density at radius 3 is 2.41 bits per heavy atom. The minimum atomic E-state index is -0.884. The largest absolute Gasteiger partial charge is 0.497 e. The number of ether oxygens (including phenoxy) is 3. The normalized spacial score (nSPS) is 11.7. The lowest BCUT2D eigenvalue weighted by molar-refractivity contribution is -0.127. The molecule has 0 heterocycles. The van der Waals surface area contributed by atoms with E-state index in [0.717, 1.165) is 4.47 Å². The maximum atomic E-state index is 12.5. The first-order chi connectivity index (χ1) is 16.3. The molecule has 0 aliphatic heterocycles. The number of nitrogens with zero attached hydrogens (tertiary/aromatic N) is 1. The smallest absolute Gasteiger partial charge is 0.343 e. The Morgan fingerprint density at radius 2 is 1.74 bits per heavy atom. The maximum Gasteiger partial charge on any atom is 0.343 e. The molecular weight excluding hydrogens is 547 g/mol. The number of carbonyl (C=O) groups excluding carboxylic acids is 2. The fourth-order valence-corrected chi connectivity index (χ4v) is 3.50. The minimum absolute atomic E-state index is 0.263. The Bertz CT molecular complexity index is 1220. The maximum absolute atomic E-state index is 12.5. The van der Waals surface area contributed by atoms with Crippen molar-refractivity contribution in [3.05, 3.63) is 86.3 Å². The number of carbonyl (C=O) groups is 2. The molecule has 3 aromatic rings. The van der Waals surface area contributed by atoms with Crippen molar-refractivity contribution < 1.29 is 23.8 Å². The molecule has 176 valence electrons. The van der Waals surface area contributed by atoms with Crippen LogP contribution >= 0.6 is 39.1 Å². The first-order valence-corrected chi connectivity index (χ1v) is 11.4. The molecular formula is C24H19BrCl2N2O5. The highest BCUT2D eigenvalue weighted by atomic mass is 79.9. The zero-order valence-electron chi connectivity index (χ0n) is 18.1. The number of benzene rings is 3. The molecule has 0 unspecified atom stereocenters. The summed E-state index contributed by atoms with van der Waals surface area (Å²) in [6.07, 6.45) is 0.479. The zero-order valence-corrected chi connectivity index (χ0v) is 21.1. The van der Waals surface area contributed by atoms with Gasteiger partial charge in [-0.25, -0.2) is 10.2 Å². The van der Waals surface area contributed by atoms with Crippen LogP contribution in [0, 0.1) is 0 Å². The zero-order chi connectivity index (χ0) is 24.7. The van der Waals surface area contributed by atoms with E-state index in [0.29, 0.717) is 27.6 Å². The third kappa shape index (κ3) is 6.96. The standard InChI is InChI=1S/C24H19BrCl2N2O5/c1-14(33-22-10-6-18(26)12-20(22)27)23(30)29-28-13-16-11-17(25)5-9-21(16)34-24(31)15-3-7-19(32-2)8-4-15/h3-14H,1-2H3,(H,29,30)/b28-13-/t14-/m0/s1. The molecule has 0 radical (unpaired) electrons. The molecule has 0 saturated heterocycles. The van der Waals surface area contributed by atoms with Crippen molar-refractivity contribution in [2.24, 2.45) is 5.10 Å². The van der Waals surface area contributed by atoms with Gasteiger partial charge in [-0.15, -0.1) is 0 Å². The molecule has 10 heteroatoms. The van der Waals surface area contributed by atoms with Crippen molar-refractivity contribution in [2.75, 3.05) is 7.11 Å². The number of rotatable bonds is 8. The number of esters is 1. The highest BCUT2D eigenvalue weighted by Gasteiger charge is 2.16. The van der Waals surface area contributed by atoms with E-state index in [1.807, 2.05) is 0 Å². The van der Waals surface area contributed by atoms with Crippen LogP contribution in [0.25, 0.3) is 0 Å². The Kier molecular flexibility index (Phi) is 8.92. The average molecular weight is 566 g/mol. The lowest BCUT2D eigenvalue weighted by Crippen LogP contribution is -2.33. The predicted molar refractivity (Wildman–Crippen MR) is 134 cm³/mol. The summed E-state index contributed by atoms with van der Waals surface area (Å²) in [5.41, 5.74) is 3.21. The van der Waals surface area contributed by atoms with Crippen LogP contribution in [0.2, 0.25) is 10.0 Å². The van der Waals surface area contributed by atoms with Crippen LogP contribution in [0.15, 0.2) is 70.2 Å². The molecule has 0 bridgehead atoms. The topological polar surface area (TPSA) is 86.2 Å². The summed E-state index contributed by atoms with van der Waals surface area (Å²) in [6.45, 7) is 1.55. The lowest BCUT2D eigenvalue weighted by atomic mass is 10.2. The fourth-order valence-electron chi connectivity index (χ4n) is 2.67. The molecule has 34 heavy (non-hydrogen) atoms. The number of amides is 1. The number of hydrogen-bond donors (Lipinski definition) is 1. The van der Waals surface area contributed by atoms with Crippen molar-refractivity contribution in [3.63, 3.8) is 0 Å². The number of hydrazone groups is 1. The Labute approximate surface area is 214 Å². The highest BCUT2D eigenvalue weighted by Crippen LogP contribution is 2.28. The van der Waals surface area contributed by atoms with Gasteiger partial charge in [0.1, 0.15) is 17.2 Å². The van der Waals surface area contributed by atoms with Crippen LogP contribution in [-0.4, -0.2) is 31.3 Å². The van der Waals surface area contributed by atoms with Crippen molar-refractivity contribution in [2.45, 2.75) is 13.0 Å². The van der Waals surface area contributed by atoms with Gasteiger partial charge in [0.2, 0.25) is 0 Å². The molecule has 1 atom stereocenters. The van der Waals surface area contributed by atoms with Crippen molar-refractivity contribution in [3.8, 4) is 17.2 Å². The summed E-state index contributed by atoms with van der Waals surface area (Å²) in [6, 6.07) is 16.2. The van der Waals surface area contributed by atoms with E-state index < -0.39 is 18.0 Å². The van der Waals surface area contributed by atoms with Crippen molar-refractivity contribution in [1.29, 1.82) is 0 Å². The van der Waals surface area contributed by atoms with Crippen LogP contribution in [0.4, 0.5) is 0 Å². The third-order valence-corrected chi connectivity index (χ3v) is 5.47. The first kappa shape index (κ1) is 25.6. The first-order valence-electron chi connectivity index (χ1n) is 9.87. The van der Waals surface area contributed by atoms with Gasteiger partial charge in [-0.05, 0) is 67.6 Å². The molecule has 0 aliphatic carbocycles. The number of hydrogen-bond acceptors (Lipinski definition) is 6. The average Bonchev–Trinajstić information content (AvgIpc) is 2.82. The van der Waals surface area contributed by atoms with Gasteiger partial charge in [0, 0.05) is 15.1 Å². The van der Waals surface area contributed by atoms with E-state index >= 15 is 0 Å². The van der Waals surface area contributed by atoms with Gasteiger partial charge >= 0.3 is 5.97 Å². The van der Waals surface area contributed by atoms with E-state index in [1.165, 1.54) is 12.3 Å². The van der Waals surface area contributed by atoms with E-state index in [9.17, 15) is 9.59 Å². The third-order valence-electron chi connectivity index (χ3n) is 4.45. The second kappa shape index (κ2) is 11.9. The number of nitrogens with one attached hydrogen (secondary N) is 1. The van der Waals surface area contributed by atoms with Gasteiger partial charge in [-0.3, -0.25) is 4.79 Å². The summed E-state index contributed by atoms with van der Waals surface area (Å²) in [5.74, 6) is 0.150. The highest BCUT2D eigenvalue weighted by molar-refractivity contribution is 9.10. The van der Waals surface area contributed by atoms with Crippen LogP contribution in [0.1, 0.15) is 22.8 Å². The molecule has 3 rings (SSSR count). The molecule has 7 nitrogen and oxygen atoms in total. The summed E-state index contributed by atoms with van der Waals surface area (Å²) < 4.78 is 16.9. The van der Waals surface area contributed by atoms with Gasteiger partial charge in [-0.2, -0.15) is 5.10 Å². The van der Waals surface area contributed by atoms with Crippen LogP contribution in [0.5, 0.6) is 17.2 Å². The van der Waals surface area contributed by atoms with E-state index in [4.69, 9.17) is 37.4 Å². The predicted octanol–water partition coefficient (Wildman–Crippen LogP) is 5.90. The SMILES string of the molecule is COc1ccc(C(=O)Oc2ccc(Br)cc2/C=N\NC(=O)[C@H](C)Oc2ccc(Cl)cc2Cl)cc1. The summed E-state index contributed by atoms with van der Waals surface area (Å²) in [5, 5.41) is 4.70. The van der Waals surface area contributed by atoms with Gasteiger partial charge in [0.05, 0.1) is 23.9 Å². The lowest BCUT2D eigenvalue weighted by Gasteiger charge is -2.14. The fraction of sp³-hybridized carbons (Fsp3) is 0.125. The number of methoxy groups -OCH3 is 1. The van der Waals surface area contributed by atoms with Gasteiger partial charge in [-0.1, -0.05) is 39.1 Å². The monoisotopic (exact) mass is 564 g/mol. The van der Waals surface area contributed by atoms with Crippen LogP contribution < -0.4 is 19.6 Å². The Balaban J connectivity index is 1.66. The van der Waals surface area contributed by atoms with E-state index in [2.05, 4.69) is 26.5 Å². The van der Waals surface area contributed by atoms with Crippen molar-refractivity contribution >= 4 is 57.2 Å². The molecule has 0 spiro atoms. The summed E-state index contributed by atoms with van der Waals surface area (Å²) >= 11 is 15.3. The minimum Gasteiger partial charge on any atom is -0.497 e. The quantitative estimate of drug-likeness (QED) is 0.159. The molecule has 0 aliphatic rings. The molecule has 0 fully saturated rings. The molecule has 0 saturated carbocycles. The van der Waals surface area contributed by atoms with E-state index in [-0.39, 0.29) is 10.8 Å². The van der Waals surface area contributed by atoms with E-state index in [1.54, 1.807) is 68.6 Å². The van der Waals surface area contributed by atoms with Crippen molar-refractivity contribution in [1.82, 2.24) is 5.43 Å². The van der Waals surface area contributed by atoms with Crippen LogP contribution in [-0.2, 0) is 4.79 Å². The van der Waals surface area contributed by atoms with Crippen LogP contribution in [0.3, 0.4) is 0 Å². The van der Waals surface area contributed by atoms with Gasteiger partial charge < -0.3 is 14.2 Å².